The molecule has 1 heterocycles. The number of hydrogen-bond donors (Lipinski definition) is 1. The molecule has 1 aliphatic carbocycles. The van der Waals surface area contributed by atoms with E-state index in [0.29, 0.717) is 5.92 Å². The largest absolute Gasteiger partial charge is 0.323 e. The van der Waals surface area contributed by atoms with Crippen LogP contribution in [0.4, 0.5) is 0 Å². The van der Waals surface area contributed by atoms with Gasteiger partial charge in [0.05, 0.1) is 10.7 Å². The van der Waals surface area contributed by atoms with Crippen LogP contribution in [0.15, 0.2) is 5.38 Å². The highest BCUT2D eigenvalue weighted by Crippen LogP contribution is 2.37. The van der Waals surface area contributed by atoms with Gasteiger partial charge >= 0.3 is 0 Å². The predicted octanol–water partition coefficient (Wildman–Crippen LogP) is 3.46. The first-order chi connectivity index (χ1) is 7.16. The summed E-state index contributed by atoms with van der Waals surface area (Å²) in [6.45, 7) is 4.36. The Labute approximate surface area is 95.9 Å². The first kappa shape index (κ1) is 11.1. The van der Waals surface area contributed by atoms with Crippen LogP contribution in [-0.2, 0) is 0 Å². The summed E-state index contributed by atoms with van der Waals surface area (Å²) in [6, 6.07) is 0.0796. The molecule has 1 saturated carbocycles. The van der Waals surface area contributed by atoms with Crippen LogP contribution in [0, 0.1) is 5.92 Å². The molecule has 0 radical (unpaired) electrons. The third-order valence-corrected chi connectivity index (χ3v) is 4.32. The second kappa shape index (κ2) is 4.62. The summed E-state index contributed by atoms with van der Waals surface area (Å²) in [5.74, 6) is 1.57. The molecule has 3 heteroatoms. The van der Waals surface area contributed by atoms with E-state index in [1.807, 2.05) is 6.92 Å². The van der Waals surface area contributed by atoms with Crippen molar-refractivity contribution in [2.45, 2.75) is 51.5 Å². The molecule has 0 spiro atoms. The highest BCUT2D eigenvalue weighted by molar-refractivity contribution is 7.09. The Kier molecular flexibility index (Phi) is 3.42. The van der Waals surface area contributed by atoms with E-state index in [9.17, 15) is 0 Å². The fourth-order valence-electron chi connectivity index (χ4n) is 2.36. The molecule has 1 aromatic rings. The maximum absolute atomic E-state index is 5.83. The van der Waals surface area contributed by atoms with Crippen LogP contribution in [-0.4, -0.2) is 4.98 Å². The van der Waals surface area contributed by atoms with Crippen LogP contribution in [0.5, 0.6) is 0 Å². The van der Waals surface area contributed by atoms with Crippen LogP contribution in [0.2, 0.25) is 0 Å². The van der Waals surface area contributed by atoms with E-state index in [1.165, 1.54) is 30.7 Å². The second-order valence-corrected chi connectivity index (χ2v) is 5.76. The van der Waals surface area contributed by atoms with E-state index >= 15 is 0 Å². The van der Waals surface area contributed by atoms with Crippen molar-refractivity contribution < 1.29 is 0 Å². The van der Waals surface area contributed by atoms with Gasteiger partial charge in [-0.3, -0.25) is 0 Å². The van der Waals surface area contributed by atoms with Crippen molar-refractivity contribution in [1.82, 2.24) is 4.98 Å². The smallest absolute Gasteiger partial charge is 0.0960 e. The summed E-state index contributed by atoms with van der Waals surface area (Å²) in [6.07, 6.45) is 5.38. The van der Waals surface area contributed by atoms with E-state index in [0.717, 1.165) is 11.6 Å². The standard InChI is InChI=1S/C12H20N2S/c1-8-4-3-5-10(6-8)12-14-11(7-15-12)9(2)13/h7-10H,3-6,13H2,1-2H3. The van der Waals surface area contributed by atoms with Gasteiger partial charge in [0.25, 0.3) is 0 Å². The van der Waals surface area contributed by atoms with Gasteiger partial charge in [0.15, 0.2) is 0 Å². The number of hydrogen-bond acceptors (Lipinski definition) is 3. The topological polar surface area (TPSA) is 38.9 Å². The predicted molar refractivity (Wildman–Crippen MR) is 65.1 cm³/mol. The quantitative estimate of drug-likeness (QED) is 0.835. The summed E-state index contributed by atoms with van der Waals surface area (Å²) >= 11 is 1.80. The summed E-state index contributed by atoms with van der Waals surface area (Å²) in [7, 11) is 0. The third kappa shape index (κ3) is 2.58. The summed E-state index contributed by atoms with van der Waals surface area (Å²) < 4.78 is 0. The van der Waals surface area contributed by atoms with Gasteiger partial charge in [-0.05, 0) is 25.7 Å². The molecule has 84 valence electrons. The van der Waals surface area contributed by atoms with Gasteiger partial charge < -0.3 is 5.73 Å². The Morgan fingerprint density at radius 3 is 2.93 bits per heavy atom. The van der Waals surface area contributed by atoms with Crippen molar-refractivity contribution in [1.29, 1.82) is 0 Å². The lowest BCUT2D eigenvalue weighted by Gasteiger charge is -2.24. The summed E-state index contributed by atoms with van der Waals surface area (Å²) in [4.78, 5) is 4.66. The molecule has 3 atom stereocenters. The lowest BCUT2D eigenvalue weighted by atomic mass is 9.83. The third-order valence-electron chi connectivity index (χ3n) is 3.29. The van der Waals surface area contributed by atoms with Gasteiger partial charge in [0.2, 0.25) is 0 Å². The molecular formula is C12H20N2S. The van der Waals surface area contributed by atoms with Gasteiger partial charge in [0.1, 0.15) is 0 Å². The molecule has 2 N–H and O–H groups in total. The average molecular weight is 224 g/mol. The number of nitrogens with two attached hydrogens (primary N) is 1. The minimum absolute atomic E-state index is 0.0796. The first-order valence-corrected chi connectivity index (χ1v) is 6.75. The van der Waals surface area contributed by atoms with Crippen LogP contribution in [0.3, 0.4) is 0 Å². The highest BCUT2D eigenvalue weighted by Gasteiger charge is 2.23. The minimum Gasteiger partial charge on any atom is -0.323 e. The zero-order valence-electron chi connectivity index (χ0n) is 9.57. The summed E-state index contributed by atoms with van der Waals surface area (Å²) in [5.41, 5.74) is 6.89. The lowest BCUT2D eigenvalue weighted by Crippen LogP contribution is -2.12. The molecular weight excluding hydrogens is 204 g/mol. The van der Waals surface area contributed by atoms with Crippen molar-refractivity contribution >= 4 is 11.3 Å². The van der Waals surface area contributed by atoms with Gasteiger partial charge in [-0.25, -0.2) is 4.98 Å². The second-order valence-electron chi connectivity index (χ2n) is 4.87. The Bertz CT molecular complexity index is 319. The van der Waals surface area contributed by atoms with Gasteiger partial charge in [0, 0.05) is 17.3 Å². The molecule has 1 aromatic heterocycles. The van der Waals surface area contributed by atoms with Crippen molar-refractivity contribution in [2.75, 3.05) is 0 Å². The molecule has 0 bridgehead atoms. The van der Waals surface area contributed by atoms with Crippen LogP contribution < -0.4 is 5.73 Å². The number of nitrogens with zero attached hydrogens (tertiary/aromatic N) is 1. The lowest BCUT2D eigenvalue weighted by molar-refractivity contribution is 0.343. The Balaban J connectivity index is 2.08. The molecule has 2 rings (SSSR count). The molecule has 2 nitrogen and oxygen atoms in total. The molecule has 0 amide bonds. The summed E-state index contributed by atoms with van der Waals surface area (Å²) in [5, 5.41) is 3.44. The van der Waals surface area contributed by atoms with Crippen molar-refractivity contribution in [3.05, 3.63) is 16.1 Å². The molecule has 0 aromatic carbocycles. The fraction of sp³-hybridized carbons (Fsp3) is 0.750. The van der Waals surface area contributed by atoms with Gasteiger partial charge in [-0.15, -0.1) is 11.3 Å². The minimum atomic E-state index is 0.0796. The molecule has 15 heavy (non-hydrogen) atoms. The average Bonchev–Trinajstić information content (AvgIpc) is 2.66. The monoisotopic (exact) mass is 224 g/mol. The normalized spacial score (nSPS) is 29.0. The van der Waals surface area contributed by atoms with Crippen LogP contribution in [0.1, 0.15) is 62.2 Å². The fourth-order valence-corrected chi connectivity index (χ4v) is 3.43. The van der Waals surface area contributed by atoms with E-state index in [4.69, 9.17) is 5.73 Å². The zero-order chi connectivity index (χ0) is 10.8. The number of aromatic nitrogens is 1. The Hall–Kier alpha value is -0.410. The van der Waals surface area contributed by atoms with Crippen molar-refractivity contribution in [3.8, 4) is 0 Å². The number of rotatable bonds is 2. The van der Waals surface area contributed by atoms with E-state index in [1.54, 1.807) is 11.3 Å². The molecule has 1 aliphatic rings. The number of thiazole rings is 1. The molecule has 3 unspecified atom stereocenters. The van der Waals surface area contributed by atoms with E-state index < -0.39 is 0 Å². The van der Waals surface area contributed by atoms with E-state index in [-0.39, 0.29) is 6.04 Å². The SMILES string of the molecule is CC1CCCC(c2nc(C(C)N)cs2)C1. The van der Waals surface area contributed by atoms with Gasteiger partial charge in [-0.1, -0.05) is 19.8 Å². The zero-order valence-corrected chi connectivity index (χ0v) is 10.4. The molecule has 1 fully saturated rings. The van der Waals surface area contributed by atoms with E-state index in [2.05, 4.69) is 17.3 Å². The Morgan fingerprint density at radius 1 is 1.53 bits per heavy atom. The van der Waals surface area contributed by atoms with Crippen LogP contribution in [0.25, 0.3) is 0 Å². The van der Waals surface area contributed by atoms with Crippen molar-refractivity contribution in [2.24, 2.45) is 11.7 Å². The highest BCUT2D eigenvalue weighted by atomic mass is 32.1. The van der Waals surface area contributed by atoms with Crippen molar-refractivity contribution in [3.63, 3.8) is 0 Å². The van der Waals surface area contributed by atoms with Gasteiger partial charge in [-0.2, -0.15) is 0 Å². The molecule has 0 aliphatic heterocycles. The van der Waals surface area contributed by atoms with Crippen LogP contribution >= 0.6 is 11.3 Å². The molecule has 0 saturated heterocycles. The maximum Gasteiger partial charge on any atom is 0.0960 e. The maximum atomic E-state index is 5.83. The Morgan fingerprint density at radius 2 is 2.33 bits per heavy atom. The first-order valence-electron chi connectivity index (χ1n) is 5.87.